The van der Waals surface area contributed by atoms with E-state index in [-0.39, 0.29) is 12.6 Å². The molecule has 1 aromatic heterocycles. The van der Waals surface area contributed by atoms with Crippen LogP contribution in [-0.2, 0) is 18.4 Å². The summed E-state index contributed by atoms with van der Waals surface area (Å²) in [6.07, 6.45) is 1.74. The van der Waals surface area contributed by atoms with Crippen molar-refractivity contribution in [1.29, 1.82) is 0 Å². The van der Waals surface area contributed by atoms with E-state index in [0.717, 1.165) is 16.5 Å². The number of carbonyl (C=O) groups excluding carboxylic acids is 1. The Bertz CT molecular complexity index is 542. The lowest BCUT2D eigenvalue weighted by atomic mass is 10.1. The normalized spacial score (nSPS) is 10.7. The topological polar surface area (TPSA) is 51.5 Å². The Labute approximate surface area is 93.1 Å². The number of esters is 1. The smallest absolute Gasteiger partial charge is 0.308 e. The third kappa shape index (κ3) is 1.67. The van der Waals surface area contributed by atoms with E-state index < -0.39 is 0 Å². The van der Waals surface area contributed by atoms with Crippen molar-refractivity contribution in [1.82, 2.24) is 4.57 Å². The second kappa shape index (κ2) is 3.98. The molecule has 0 saturated heterocycles. The molecule has 0 spiro atoms. The zero-order valence-electron chi connectivity index (χ0n) is 9.23. The molecule has 0 fully saturated rings. The molecule has 4 nitrogen and oxygen atoms in total. The standard InChI is InChI=1S/C12H13NO3/c1-8(15)16-11-6-13(2)12-9(7-14)4-3-5-10(11)12/h3-6,14H,7H2,1-2H3. The minimum Gasteiger partial charge on any atom is -0.424 e. The molecule has 4 heteroatoms. The zero-order chi connectivity index (χ0) is 11.7. The second-order valence-corrected chi connectivity index (χ2v) is 3.67. The first-order valence-electron chi connectivity index (χ1n) is 4.99. The number of aryl methyl sites for hydroxylation is 1. The molecule has 2 aromatic rings. The van der Waals surface area contributed by atoms with Gasteiger partial charge in [-0.1, -0.05) is 12.1 Å². The van der Waals surface area contributed by atoms with Crippen LogP contribution >= 0.6 is 0 Å². The highest BCUT2D eigenvalue weighted by molar-refractivity contribution is 5.91. The molecule has 0 aliphatic rings. The van der Waals surface area contributed by atoms with Crippen molar-refractivity contribution >= 4 is 16.9 Å². The van der Waals surface area contributed by atoms with Gasteiger partial charge < -0.3 is 14.4 Å². The molecule has 0 unspecified atom stereocenters. The maximum atomic E-state index is 10.9. The largest absolute Gasteiger partial charge is 0.424 e. The Kier molecular flexibility index (Phi) is 2.66. The molecule has 0 radical (unpaired) electrons. The maximum Gasteiger partial charge on any atom is 0.308 e. The van der Waals surface area contributed by atoms with Crippen molar-refractivity contribution in [2.45, 2.75) is 13.5 Å². The monoisotopic (exact) mass is 219 g/mol. The first-order chi connectivity index (χ1) is 7.63. The predicted molar refractivity (Wildman–Crippen MR) is 60.2 cm³/mol. The van der Waals surface area contributed by atoms with Gasteiger partial charge in [-0.2, -0.15) is 0 Å². The van der Waals surface area contributed by atoms with Gasteiger partial charge in [-0.05, 0) is 6.07 Å². The van der Waals surface area contributed by atoms with E-state index >= 15 is 0 Å². The van der Waals surface area contributed by atoms with Gasteiger partial charge in [-0.3, -0.25) is 4.79 Å². The number of para-hydroxylation sites is 1. The fraction of sp³-hybridized carbons (Fsp3) is 0.250. The van der Waals surface area contributed by atoms with Crippen LogP contribution in [0, 0.1) is 0 Å². The Morgan fingerprint density at radius 2 is 2.25 bits per heavy atom. The van der Waals surface area contributed by atoms with E-state index in [9.17, 15) is 9.90 Å². The van der Waals surface area contributed by atoms with Crippen LogP contribution in [-0.4, -0.2) is 15.6 Å². The summed E-state index contributed by atoms with van der Waals surface area (Å²) in [5.74, 6) is 0.183. The van der Waals surface area contributed by atoms with Gasteiger partial charge >= 0.3 is 5.97 Å². The predicted octanol–water partition coefficient (Wildman–Crippen LogP) is 1.60. The number of aliphatic hydroxyl groups is 1. The Morgan fingerprint density at radius 1 is 1.50 bits per heavy atom. The van der Waals surface area contributed by atoms with Crippen molar-refractivity contribution in [2.24, 2.45) is 7.05 Å². The summed E-state index contributed by atoms with van der Waals surface area (Å²) in [6, 6.07) is 5.55. The van der Waals surface area contributed by atoms with Gasteiger partial charge in [0.1, 0.15) is 0 Å². The molecule has 0 aliphatic heterocycles. The minimum absolute atomic E-state index is 0.0330. The van der Waals surface area contributed by atoms with Gasteiger partial charge in [0.2, 0.25) is 0 Å². The highest BCUT2D eigenvalue weighted by Gasteiger charge is 2.11. The van der Waals surface area contributed by atoms with Gasteiger partial charge in [0.05, 0.1) is 12.1 Å². The Morgan fingerprint density at radius 3 is 2.88 bits per heavy atom. The Hall–Kier alpha value is -1.81. The summed E-state index contributed by atoms with van der Waals surface area (Å²) in [5.41, 5.74) is 1.71. The number of benzene rings is 1. The van der Waals surface area contributed by atoms with Crippen LogP contribution in [0.25, 0.3) is 10.9 Å². The maximum absolute atomic E-state index is 10.9. The molecule has 0 atom stereocenters. The molecule has 1 heterocycles. The molecule has 0 aliphatic carbocycles. The number of fused-ring (bicyclic) bond motifs is 1. The third-order valence-electron chi connectivity index (χ3n) is 2.47. The van der Waals surface area contributed by atoms with Crippen molar-refractivity contribution < 1.29 is 14.6 Å². The zero-order valence-corrected chi connectivity index (χ0v) is 9.23. The fourth-order valence-electron chi connectivity index (χ4n) is 1.88. The summed E-state index contributed by atoms with van der Waals surface area (Å²) in [7, 11) is 1.86. The number of hydrogen-bond acceptors (Lipinski definition) is 3. The molecule has 0 amide bonds. The summed E-state index contributed by atoms with van der Waals surface area (Å²) in [5, 5.41) is 10.1. The van der Waals surface area contributed by atoms with E-state index in [1.54, 1.807) is 6.20 Å². The Balaban J connectivity index is 2.66. The number of aliphatic hydroxyl groups excluding tert-OH is 1. The SMILES string of the molecule is CC(=O)Oc1cn(C)c2c(CO)cccc12. The number of hydrogen-bond donors (Lipinski definition) is 1. The summed E-state index contributed by atoms with van der Waals surface area (Å²) < 4.78 is 6.95. The van der Waals surface area contributed by atoms with Crippen LogP contribution in [0.5, 0.6) is 5.75 Å². The first kappa shape index (κ1) is 10.7. The molecular weight excluding hydrogens is 206 g/mol. The molecule has 0 bridgehead atoms. The lowest BCUT2D eigenvalue weighted by Gasteiger charge is -2.02. The number of rotatable bonds is 2. The highest BCUT2D eigenvalue weighted by atomic mass is 16.5. The molecule has 1 aromatic carbocycles. The van der Waals surface area contributed by atoms with Crippen LogP contribution in [0.4, 0.5) is 0 Å². The number of ether oxygens (including phenoxy) is 1. The van der Waals surface area contributed by atoms with Crippen molar-refractivity contribution in [3.8, 4) is 5.75 Å². The van der Waals surface area contributed by atoms with Gasteiger partial charge in [0.15, 0.2) is 5.75 Å². The number of carbonyl (C=O) groups is 1. The fourth-order valence-corrected chi connectivity index (χ4v) is 1.88. The second-order valence-electron chi connectivity index (χ2n) is 3.67. The van der Waals surface area contributed by atoms with Gasteiger partial charge in [0, 0.05) is 31.1 Å². The third-order valence-corrected chi connectivity index (χ3v) is 2.47. The summed E-state index contributed by atoms with van der Waals surface area (Å²) in [4.78, 5) is 10.9. The number of aromatic nitrogens is 1. The van der Waals surface area contributed by atoms with E-state index in [4.69, 9.17) is 4.74 Å². The van der Waals surface area contributed by atoms with E-state index in [1.165, 1.54) is 6.92 Å². The van der Waals surface area contributed by atoms with E-state index in [2.05, 4.69) is 0 Å². The lowest BCUT2D eigenvalue weighted by molar-refractivity contribution is -0.131. The quantitative estimate of drug-likeness (QED) is 0.780. The van der Waals surface area contributed by atoms with E-state index in [1.807, 2.05) is 29.8 Å². The van der Waals surface area contributed by atoms with Crippen LogP contribution in [0.15, 0.2) is 24.4 Å². The highest BCUT2D eigenvalue weighted by Crippen LogP contribution is 2.29. The lowest BCUT2D eigenvalue weighted by Crippen LogP contribution is -2.00. The van der Waals surface area contributed by atoms with Crippen molar-refractivity contribution in [3.05, 3.63) is 30.0 Å². The van der Waals surface area contributed by atoms with Crippen LogP contribution in [0.3, 0.4) is 0 Å². The van der Waals surface area contributed by atoms with Gasteiger partial charge in [0.25, 0.3) is 0 Å². The van der Waals surface area contributed by atoms with Crippen LogP contribution < -0.4 is 4.74 Å². The summed E-state index contributed by atoms with van der Waals surface area (Å²) in [6.45, 7) is 1.34. The minimum atomic E-state index is -0.345. The van der Waals surface area contributed by atoms with Gasteiger partial charge in [-0.25, -0.2) is 0 Å². The van der Waals surface area contributed by atoms with Gasteiger partial charge in [-0.15, -0.1) is 0 Å². The van der Waals surface area contributed by atoms with E-state index in [0.29, 0.717) is 5.75 Å². The van der Waals surface area contributed by atoms with Crippen molar-refractivity contribution in [3.63, 3.8) is 0 Å². The summed E-state index contributed by atoms with van der Waals surface area (Å²) >= 11 is 0. The van der Waals surface area contributed by atoms with Crippen LogP contribution in [0.2, 0.25) is 0 Å². The molecule has 1 N–H and O–H groups in total. The van der Waals surface area contributed by atoms with Crippen LogP contribution in [0.1, 0.15) is 12.5 Å². The molecule has 84 valence electrons. The average Bonchev–Trinajstić information content (AvgIpc) is 2.55. The number of nitrogens with zero attached hydrogens (tertiary/aromatic N) is 1. The average molecular weight is 219 g/mol. The molecule has 0 saturated carbocycles. The molecule has 2 rings (SSSR count). The molecule has 16 heavy (non-hydrogen) atoms. The van der Waals surface area contributed by atoms with Crippen molar-refractivity contribution in [2.75, 3.05) is 0 Å². The first-order valence-corrected chi connectivity index (χ1v) is 4.99. The molecular formula is C12H13NO3.